The highest BCUT2D eigenvalue weighted by atomic mass is 32.2. The highest BCUT2D eigenvalue weighted by molar-refractivity contribution is 7.79. The minimum Gasteiger partial charge on any atom is -0.768 e. The molecule has 4 atom stereocenters. The van der Waals surface area contributed by atoms with E-state index in [4.69, 9.17) is 4.74 Å². The van der Waals surface area contributed by atoms with Crippen LogP contribution in [0.1, 0.15) is 29.2 Å². The zero-order valence-electron chi connectivity index (χ0n) is 15.0. The molecule has 0 spiro atoms. The Morgan fingerprint density at radius 2 is 2.00 bits per heavy atom. The molecule has 1 aliphatic heterocycles. The minimum absolute atomic E-state index is 0.0122. The van der Waals surface area contributed by atoms with Crippen LogP contribution in [0.4, 0.5) is 0 Å². The van der Waals surface area contributed by atoms with Crippen LogP contribution in [0, 0.1) is 6.92 Å². The molecule has 0 saturated carbocycles. The summed E-state index contributed by atoms with van der Waals surface area (Å²) >= 11 is -2.27. The van der Waals surface area contributed by atoms with Gasteiger partial charge in [0.1, 0.15) is 17.6 Å². The lowest BCUT2D eigenvalue weighted by Crippen LogP contribution is -2.39. The van der Waals surface area contributed by atoms with Gasteiger partial charge in [-0.2, -0.15) is 0 Å². The first-order valence-corrected chi connectivity index (χ1v) is 10.1. The molecule has 6 nitrogen and oxygen atoms in total. The topological polar surface area (TPSA) is 93.1 Å². The Morgan fingerprint density at radius 1 is 1.26 bits per heavy atom. The van der Waals surface area contributed by atoms with E-state index in [1.165, 1.54) is 12.1 Å². The molecule has 1 heterocycles. The fraction of sp³-hybridized carbons (Fsp3) is 0.400. The van der Waals surface area contributed by atoms with Gasteiger partial charge in [0.05, 0.1) is 12.1 Å². The number of aliphatic hydroxyl groups excluding tert-OH is 1. The Bertz CT molecular complexity index is 869. The number of hydrogen-bond donors (Lipinski definition) is 2. The number of aryl methyl sites for hydroxylation is 1. The average Bonchev–Trinajstić information content (AvgIpc) is 3.20. The number of nitrogens with zero attached hydrogens (tertiary/aromatic N) is 1. The van der Waals surface area contributed by atoms with E-state index < -0.39 is 11.1 Å². The quantitative estimate of drug-likeness (QED) is 0.779. The number of benzene rings is 2. The molecule has 2 aliphatic rings. The van der Waals surface area contributed by atoms with Crippen molar-refractivity contribution in [1.82, 2.24) is 4.90 Å². The predicted molar refractivity (Wildman–Crippen MR) is 99.5 cm³/mol. The zero-order valence-corrected chi connectivity index (χ0v) is 15.8. The molecule has 4 rings (SSSR count). The van der Waals surface area contributed by atoms with Crippen molar-refractivity contribution < 1.29 is 23.7 Å². The van der Waals surface area contributed by atoms with Gasteiger partial charge in [-0.25, -0.2) is 0 Å². The zero-order chi connectivity index (χ0) is 19.1. The van der Waals surface area contributed by atoms with E-state index in [2.05, 4.69) is 4.90 Å². The second kappa shape index (κ2) is 7.24. The van der Waals surface area contributed by atoms with Gasteiger partial charge in [0.15, 0.2) is 0 Å². The van der Waals surface area contributed by atoms with Gasteiger partial charge in [0, 0.05) is 29.1 Å². The van der Waals surface area contributed by atoms with E-state index in [9.17, 15) is 19.0 Å². The molecule has 27 heavy (non-hydrogen) atoms. The highest BCUT2D eigenvalue weighted by Gasteiger charge is 2.41. The molecule has 0 aromatic heterocycles. The molecule has 1 saturated heterocycles. The van der Waals surface area contributed by atoms with Crippen molar-refractivity contribution in [2.75, 3.05) is 13.1 Å². The lowest BCUT2D eigenvalue weighted by molar-refractivity contribution is 0.0817. The molecular weight excluding hydrogens is 366 g/mol. The lowest BCUT2D eigenvalue weighted by Gasteiger charge is -2.30. The van der Waals surface area contributed by atoms with E-state index in [1.54, 1.807) is 18.2 Å². The molecule has 1 aliphatic carbocycles. The van der Waals surface area contributed by atoms with Gasteiger partial charge in [0.2, 0.25) is 0 Å². The van der Waals surface area contributed by atoms with E-state index in [0.29, 0.717) is 18.7 Å². The van der Waals surface area contributed by atoms with Crippen molar-refractivity contribution in [1.29, 1.82) is 0 Å². The molecule has 0 radical (unpaired) electrons. The van der Waals surface area contributed by atoms with Gasteiger partial charge in [-0.15, -0.1) is 0 Å². The number of aromatic hydroxyl groups is 1. The van der Waals surface area contributed by atoms with Gasteiger partial charge in [-0.05, 0) is 66.7 Å². The minimum atomic E-state index is -2.27. The molecular formula is C20H22NO5S-. The smallest absolute Gasteiger partial charge is 0.140 e. The molecule has 1 fully saturated rings. The summed E-state index contributed by atoms with van der Waals surface area (Å²) in [4.78, 5) is 2.42. The summed E-state index contributed by atoms with van der Waals surface area (Å²) in [5.74, 6) is 0.853. The van der Waals surface area contributed by atoms with Crippen LogP contribution in [0.15, 0.2) is 41.3 Å². The maximum Gasteiger partial charge on any atom is 0.140 e. The van der Waals surface area contributed by atoms with Crippen molar-refractivity contribution in [3.05, 3.63) is 53.1 Å². The first kappa shape index (κ1) is 18.4. The summed E-state index contributed by atoms with van der Waals surface area (Å²) in [6.07, 6.45) is 0.756. The summed E-state index contributed by atoms with van der Waals surface area (Å²) in [6.45, 7) is 3.31. The number of phenols is 1. The predicted octanol–water partition coefficient (Wildman–Crippen LogP) is 2.05. The fourth-order valence-electron chi connectivity index (χ4n) is 4.13. The second-order valence-electron chi connectivity index (χ2n) is 7.31. The Morgan fingerprint density at radius 3 is 2.63 bits per heavy atom. The largest absolute Gasteiger partial charge is 0.768 e. The number of aliphatic hydroxyl groups is 1. The van der Waals surface area contributed by atoms with Crippen LogP contribution in [-0.2, 0) is 17.5 Å². The Balaban J connectivity index is 1.66. The Kier molecular flexibility index (Phi) is 4.94. The van der Waals surface area contributed by atoms with Crippen molar-refractivity contribution >= 4 is 11.1 Å². The second-order valence-corrected chi connectivity index (χ2v) is 8.25. The van der Waals surface area contributed by atoms with Crippen LogP contribution < -0.4 is 4.74 Å². The van der Waals surface area contributed by atoms with Crippen LogP contribution in [0.2, 0.25) is 0 Å². The first-order valence-electron chi connectivity index (χ1n) is 9.03. The molecule has 2 N–H and O–H groups in total. The number of β-amino-alcohol motifs (C(OH)–C–C–N with tert-alkyl or cyclic N) is 1. The third kappa shape index (κ3) is 3.60. The molecule has 2 aromatic carbocycles. The van der Waals surface area contributed by atoms with E-state index in [0.717, 1.165) is 29.7 Å². The standard InChI is InChI=1S/C20H23NO5S/c1-12-8-17-16(19(23)9-12)10-18(21-7-6-13(22)11-21)20(17)26-14-2-4-15(5-3-14)27(24)25/h2-5,8-9,13,18,20,22-23H,6-7,10-11H2,1H3,(H,24,25)/p-1/t13-,18+,20+/m1/s1. The number of hydrogen-bond acceptors (Lipinski definition) is 6. The van der Waals surface area contributed by atoms with E-state index >= 15 is 0 Å². The molecule has 0 amide bonds. The first-order chi connectivity index (χ1) is 12.9. The van der Waals surface area contributed by atoms with Gasteiger partial charge in [-0.3, -0.25) is 9.11 Å². The summed E-state index contributed by atoms with van der Waals surface area (Å²) in [6, 6.07) is 10.1. The number of ether oxygens (including phenoxy) is 1. The maximum absolute atomic E-state index is 11.1. The fourth-order valence-corrected chi connectivity index (χ4v) is 4.49. The molecule has 0 bridgehead atoms. The SMILES string of the molecule is Cc1cc(O)c2c(c1)[C@H](Oc1ccc(S(=O)[O-])cc1)[C@@H](N1CC[C@@H](O)C1)C2. The molecule has 2 aromatic rings. The molecule has 1 unspecified atom stereocenters. The summed E-state index contributed by atoms with van der Waals surface area (Å²) in [5.41, 5.74) is 2.80. The van der Waals surface area contributed by atoms with E-state index in [1.807, 2.05) is 13.0 Å². The van der Waals surface area contributed by atoms with Crippen LogP contribution in [0.3, 0.4) is 0 Å². The summed E-state index contributed by atoms with van der Waals surface area (Å²) in [7, 11) is 0. The summed E-state index contributed by atoms with van der Waals surface area (Å²) in [5, 5.41) is 20.4. The monoisotopic (exact) mass is 388 g/mol. The number of rotatable bonds is 4. The van der Waals surface area contributed by atoms with E-state index in [-0.39, 0.29) is 28.9 Å². The number of fused-ring (bicyclic) bond motifs is 1. The Labute approximate surface area is 160 Å². The van der Waals surface area contributed by atoms with Gasteiger partial charge < -0.3 is 19.5 Å². The number of likely N-dealkylation sites (tertiary alicyclic amines) is 1. The third-order valence-electron chi connectivity index (χ3n) is 5.42. The molecule has 7 heteroatoms. The number of phenolic OH excluding ortho intramolecular Hbond substituents is 1. The average molecular weight is 388 g/mol. The van der Waals surface area contributed by atoms with Crippen LogP contribution in [-0.4, -0.2) is 49.1 Å². The Hall–Kier alpha value is -1.93. The molecule has 144 valence electrons. The third-order valence-corrected chi connectivity index (χ3v) is 6.07. The van der Waals surface area contributed by atoms with Crippen LogP contribution in [0.25, 0.3) is 0 Å². The van der Waals surface area contributed by atoms with Gasteiger partial charge in [-0.1, -0.05) is 6.07 Å². The lowest BCUT2D eigenvalue weighted by atomic mass is 10.0. The van der Waals surface area contributed by atoms with Crippen LogP contribution in [0.5, 0.6) is 11.5 Å². The van der Waals surface area contributed by atoms with Crippen molar-refractivity contribution in [3.8, 4) is 11.5 Å². The van der Waals surface area contributed by atoms with Crippen LogP contribution >= 0.6 is 0 Å². The van der Waals surface area contributed by atoms with Crippen molar-refractivity contribution in [2.24, 2.45) is 0 Å². The highest BCUT2D eigenvalue weighted by Crippen LogP contribution is 2.43. The van der Waals surface area contributed by atoms with Gasteiger partial charge in [0.25, 0.3) is 0 Å². The van der Waals surface area contributed by atoms with Crippen molar-refractivity contribution in [2.45, 2.75) is 42.9 Å². The van der Waals surface area contributed by atoms with Crippen molar-refractivity contribution in [3.63, 3.8) is 0 Å². The van der Waals surface area contributed by atoms with Gasteiger partial charge >= 0.3 is 0 Å². The normalized spacial score (nSPS) is 26.1. The summed E-state index contributed by atoms with van der Waals surface area (Å²) < 4.78 is 28.4. The maximum atomic E-state index is 11.1.